The van der Waals surface area contributed by atoms with Crippen LogP contribution in [0.1, 0.15) is 42.9 Å². The first-order valence-electron chi connectivity index (χ1n) is 7.61. The molecule has 1 aliphatic carbocycles. The maximum Gasteiger partial charge on any atom is 0.201 e. The first-order chi connectivity index (χ1) is 10.3. The lowest BCUT2D eigenvalue weighted by Gasteiger charge is -2.30. The predicted octanol–water partition coefficient (Wildman–Crippen LogP) is 4.61. The monoisotopic (exact) mass is 277 g/mol. The number of nitrogens with zero attached hydrogens (tertiary/aromatic N) is 1. The van der Waals surface area contributed by atoms with E-state index in [0.29, 0.717) is 12.0 Å². The van der Waals surface area contributed by atoms with Crippen LogP contribution in [-0.2, 0) is 0 Å². The van der Waals surface area contributed by atoms with Crippen molar-refractivity contribution < 1.29 is 0 Å². The van der Waals surface area contributed by atoms with E-state index in [0.717, 1.165) is 23.4 Å². The van der Waals surface area contributed by atoms with Crippen LogP contribution in [0.2, 0.25) is 0 Å². The molecule has 21 heavy (non-hydrogen) atoms. The van der Waals surface area contributed by atoms with Gasteiger partial charge in [0.05, 0.1) is 17.1 Å². The molecule has 1 heterocycles. The van der Waals surface area contributed by atoms with E-state index >= 15 is 0 Å². The highest BCUT2D eigenvalue weighted by atomic mass is 15.1. The normalized spacial score (nSPS) is 21.2. The van der Waals surface area contributed by atoms with Crippen molar-refractivity contribution in [2.75, 3.05) is 5.32 Å². The molecule has 0 aliphatic heterocycles. The Morgan fingerprint density at radius 3 is 2.62 bits per heavy atom. The average molecular weight is 277 g/mol. The van der Waals surface area contributed by atoms with Crippen LogP contribution in [0.15, 0.2) is 48.5 Å². The molecule has 0 saturated heterocycles. The SMILES string of the molecule is C[C@@H]1CC[C@H](Nc2nc3ccccc3[nH]2)c2ccccc21. The average Bonchev–Trinajstić information content (AvgIpc) is 2.93. The number of rotatable bonds is 2. The van der Waals surface area contributed by atoms with Crippen LogP contribution in [0.25, 0.3) is 11.0 Å². The van der Waals surface area contributed by atoms with Crippen LogP contribution in [0.3, 0.4) is 0 Å². The Morgan fingerprint density at radius 2 is 1.76 bits per heavy atom. The largest absolute Gasteiger partial charge is 0.349 e. The first-order valence-corrected chi connectivity index (χ1v) is 7.61. The second kappa shape index (κ2) is 4.92. The van der Waals surface area contributed by atoms with Gasteiger partial charge in [-0.05, 0) is 42.0 Å². The van der Waals surface area contributed by atoms with Gasteiger partial charge in [0, 0.05) is 0 Å². The van der Waals surface area contributed by atoms with Gasteiger partial charge in [-0.3, -0.25) is 0 Å². The predicted molar refractivity (Wildman–Crippen MR) is 86.5 cm³/mol. The topological polar surface area (TPSA) is 40.7 Å². The number of aromatic nitrogens is 2. The molecule has 1 aliphatic rings. The van der Waals surface area contributed by atoms with E-state index in [9.17, 15) is 0 Å². The quantitative estimate of drug-likeness (QED) is 0.718. The minimum Gasteiger partial charge on any atom is -0.349 e. The lowest BCUT2D eigenvalue weighted by molar-refractivity contribution is 0.533. The number of imidazole rings is 1. The summed E-state index contributed by atoms with van der Waals surface area (Å²) in [5.74, 6) is 1.51. The highest BCUT2D eigenvalue weighted by Gasteiger charge is 2.24. The van der Waals surface area contributed by atoms with E-state index in [1.165, 1.54) is 17.5 Å². The van der Waals surface area contributed by atoms with Crippen molar-refractivity contribution in [2.24, 2.45) is 0 Å². The Labute approximate surface area is 124 Å². The number of para-hydroxylation sites is 2. The van der Waals surface area contributed by atoms with Crippen molar-refractivity contribution in [3.63, 3.8) is 0 Å². The summed E-state index contributed by atoms with van der Waals surface area (Å²) in [7, 11) is 0. The van der Waals surface area contributed by atoms with Crippen LogP contribution in [0.4, 0.5) is 5.95 Å². The van der Waals surface area contributed by atoms with E-state index in [4.69, 9.17) is 0 Å². The van der Waals surface area contributed by atoms with Gasteiger partial charge in [-0.2, -0.15) is 0 Å². The number of hydrogen-bond acceptors (Lipinski definition) is 2. The molecule has 0 bridgehead atoms. The van der Waals surface area contributed by atoms with Crippen LogP contribution in [0, 0.1) is 0 Å². The van der Waals surface area contributed by atoms with E-state index in [1.54, 1.807) is 0 Å². The Balaban J connectivity index is 1.67. The fourth-order valence-electron chi connectivity index (χ4n) is 3.34. The molecule has 0 saturated carbocycles. The van der Waals surface area contributed by atoms with Gasteiger partial charge in [-0.15, -0.1) is 0 Å². The number of fused-ring (bicyclic) bond motifs is 2. The Morgan fingerprint density at radius 1 is 1.00 bits per heavy atom. The third-order valence-corrected chi connectivity index (χ3v) is 4.49. The molecule has 1 aromatic heterocycles. The Kier molecular flexibility index (Phi) is 2.92. The van der Waals surface area contributed by atoms with Crippen LogP contribution in [-0.4, -0.2) is 9.97 Å². The van der Waals surface area contributed by atoms with Crippen molar-refractivity contribution >= 4 is 17.0 Å². The standard InChI is InChI=1S/C18H19N3/c1-12-10-11-15(14-7-3-2-6-13(12)14)19-18-20-16-8-4-5-9-17(16)21-18/h2-9,12,15H,10-11H2,1H3,(H2,19,20,21)/t12-,15+/m1/s1. The summed E-state index contributed by atoms with van der Waals surface area (Å²) in [6, 6.07) is 17.3. The van der Waals surface area contributed by atoms with Crippen molar-refractivity contribution in [3.05, 3.63) is 59.7 Å². The van der Waals surface area contributed by atoms with E-state index in [2.05, 4.69) is 52.5 Å². The van der Waals surface area contributed by atoms with Gasteiger partial charge in [-0.1, -0.05) is 43.3 Å². The molecule has 2 atom stereocenters. The number of nitrogens with one attached hydrogen (secondary N) is 2. The summed E-state index contributed by atoms with van der Waals surface area (Å²) >= 11 is 0. The van der Waals surface area contributed by atoms with Crippen LogP contribution >= 0.6 is 0 Å². The fraction of sp³-hybridized carbons (Fsp3) is 0.278. The van der Waals surface area contributed by atoms with Gasteiger partial charge in [0.25, 0.3) is 0 Å². The minimum absolute atomic E-state index is 0.345. The maximum absolute atomic E-state index is 4.63. The summed E-state index contributed by atoms with van der Waals surface area (Å²) in [5.41, 5.74) is 4.98. The number of H-pyrrole nitrogens is 1. The summed E-state index contributed by atoms with van der Waals surface area (Å²) in [5, 5.41) is 3.58. The molecular formula is C18H19N3. The molecule has 3 aromatic rings. The third-order valence-electron chi connectivity index (χ3n) is 4.49. The fourth-order valence-corrected chi connectivity index (χ4v) is 3.34. The van der Waals surface area contributed by atoms with Gasteiger partial charge >= 0.3 is 0 Å². The second-order valence-electron chi connectivity index (χ2n) is 5.91. The summed E-state index contributed by atoms with van der Waals surface area (Å²) in [4.78, 5) is 7.99. The van der Waals surface area contributed by atoms with Gasteiger partial charge in [0.15, 0.2) is 0 Å². The zero-order valence-electron chi connectivity index (χ0n) is 12.1. The number of benzene rings is 2. The molecule has 4 rings (SSSR count). The highest BCUT2D eigenvalue weighted by Crippen LogP contribution is 2.38. The van der Waals surface area contributed by atoms with E-state index < -0.39 is 0 Å². The zero-order chi connectivity index (χ0) is 14.2. The molecule has 2 N–H and O–H groups in total. The number of aromatic amines is 1. The molecule has 2 aromatic carbocycles. The van der Waals surface area contributed by atoms with Gasteiger partial charge in [0.1, 0.15) is 0 Å². The van der Waals surface area contributed by atoms with Crippen molar-refractivity contribution in [3.8, 4) is 0 Å². The van der Waals surface area contributed by atoms with Crippen molar-refractivity contribution in [1.82, 2.24) is 9.97 Å². The molecule has 106 valence electrons. The molecule has 0 amide bonds. The molecule has 0 radical (unpaired) electrons. The molecule has 0 fully saturated rings. The smallest absolute Gasteiger partial charge is 0.201 e. The second-order valence-corrected chi connectivity index (χ2v) is 5.91. The number of anilines is 1. The molecule has 0 unspecified atom stereocenters. The van der Waals surface area contributed by atoms with Crippen LogP contribution < -0.4 is 5.32 Å². The maximum atomic E-state index is 4.63. The highest BCUT2D eigenvalue weighted by molar-refractivity contribution is 5.77. The summed E-state index contributed by atoms with van der Waals surface area (Å²) in [6.07, 6.45) is 2.37. The first kappa shape index (κ1) is 12.5. The Bertz CT molecular complexity index is 742. The minimum atomic E-state index is 0.345. The zero-order valence-corrected chi connectivity index (χ0v) is 12.1. The van der Waals surface area contributed by atoms with Gasteiger partial charge in [-0.25, -0.2) is 4.98 Å². The molecular weight excluding hydrogens is 258 g/mol. The van der Waals surface area contributed by atoms with Crippen LogP contribution in [0.5, 0.6) is 0 Å². The lowest BCUT2D eigenvalue weighted by atomic mass is 9.81. The van der Waals surface area contributed by atoms with Crippen molar-refractivity contribution in [2.45, 2.75) is 31.7 Å². The van der Waals surface area contributed by atoms with Gasteiger partial charge < -0.3 is 10.3 Å². The summed E-state index contributed by atoms with van der Waals surface area (Å²) in [6.45, 7) is 2.32. The molecule has 3 nitrogen and oxygen atoms in total. The summed E-state index contributed by atoms with van der Waals surface area (Å²) < 4.78 is 0. The van der Waals surface area contributed by atoms with E-state index in [-0.39, 0.29) is 0 Å². The number of hydrogen-bond donors (Lipinski definition) is 2. The lowest BCUT2D eigenvalue weighted by Crippen LogP contribution is -2.19. The Hall–Kier alpha value is -2.29. The molecule has 0 spiro atoms. The van der Waals surface area contributed by atoms with E-state index in [1.807, 2.05) is 18.2 Å². The van der Waals surface area contributed by atoms with Gasteiger partial charge in [0.2, 0.25) is 5.95 Å². The molecule has 3 heteroatoms. The van der Waals surface area contributed by atoms with Crippen molar-refractivity contribution in [1.29, 1.82) is 0 Å². The third kappa shape index (κ3) is 2.19.